The number of nitrogens with zero attached hydrogens (tertiary/aromatic N) is 3. The van der Waals surface area contributed by atoms with E-state index in [1.54, 1.807) is 13.0 Å². The first kappa shape index (κ1) is 19.3. The molecular weight excluding hydrogens is 352 g/mol. The summed E-state index contributed by atoms with van der Waals surface area (Å²) in [7, 11) is 0. The van der Waals surface area contributed by atoms with Gasteiger partial charge < -0.3 is 20.3 Å². The van der Waals surface area contributed by atoms with Gasteiger partial charge in [0.1, 0.15) is 5.82 Å². The van der Waals surface area contributed by atoms with Crippen LogP contribution >= 0.6 is 0 Å². The van der Waals surface area contributed by atoms with Crippen molar-refractivity contribution >= 4 is 23.5 Å². The predicted molar refractivity (Wildman–Crippen MR) is 96.6 cm³/mol. The lowest BCUT2D eigenvalue weighted by Crippen LogP contribution is -2.53. The summed E-state index contributed by atoms with van der Waals surface area (Å²) in [6.45, 7) is 8.13. The minimum absolute atomic E-state index is 0.0326. The van der Waals surface area contributed by atoms with Crippen molar-refractivity contribution in [3.05, 3.63) is 11.8 Å². The molecule has 3 heterocycles. The average molecular weight is 378 g/mol. The Morgan fingerprint density at radius 2 is 1.93 bits per heavy atom. The van der Waals surface area contributed by atoms with Gasteiger partial charge in [-0.1, -0.05) is 0 Å². The number of morpholine rings is 1. The van der Waals surface area contributed by atoms with Crippen LogP contribution in [0.2, 0.25) is 0 Å². The molecule has 0 aliphatic carbocycles. The zero-order valence-corrected chi connectivity index (χ0v) is 16.0. The second-order valence-electron chi connectivity index (χ2n) is 7.28. The third-order valence-corrected chi connectivity index (χ3v) is 4.48. The molecule has 2 saturated heterocycles. The highest BCUT2D eigenvalue weighted by molar-refractivity contribution is 6.39. The lowest BCUT2D eigenvalue weighted by Gasteiger charge is -2.34. The molecule has 10 nitrogen and oxygen atoms in total. The number of carbonyl (C=O) groups excluding carboxylic acids is 3. The number of aromatic nitrogens is 2. The van der Waals surface area contributed by atoms with Crippen LogP contribution in [0.4, 0.5) is 5.82 Å². The molecule has 4 unspecified atom stereocenters. The third-order valence-electron chi connectivity index (χ3n) is 4.48. The second-order valence-corrected chi connectivity index (χ2v) is 7.28. The Labute approximate surface area is 157 Å². The number of anilines is 1. The van der Waals surface area contributed by atoms with Crippen LogP contribution in [0.3, 0.4) is 0 Å². The van der Waals surface area contributed by atoms with Crippen LogP contribution in [0.25, 0.3) is 0 Å². The highest BCUT2D eigenvalue weighted by atomic mass is 16.5. The van der Waals surface area contributed by atoms with Gasteiger partial charge in [-0.25, -0.2) is 4.68 Å². The number of ether oxygens (including phenoxy) is 1. The van der Waals surface area contributed by atoms with Crippen molar-refractivity contribution in [2.45, 2.75) is 58.7 Å². The lowest BCUT2D eigenvalue weighted by molar-refractivity contribution is -0.151. The van der Waals surface area contributed by atoms with Crippen LogP contribution < -0.4 is 16.0 Å². The van der Waals surface area contributed by atoms with Gasteiger partial charge in [0, 0.05) is 31.6 Å². The Kier molecular flexibility index (Phi) is 5.47. The molecule has 2 fully saturated rings. The lowest BCUT2D eigenvalue weighted by atomic mass is 10.2. The van der Waals surface area contributed by atoms with Crippen molar-refractivity contribution in [2.75, 3.05) is 18.4 Å². The molecule has 0 saturated carbocycles. The van der Waals surface area contributed by atoms with Crippen LogP contribution in [0.1, 0.15) is 39.2 Å². The van der Waals surface area contributed by atoms with Gasteiger partial charge in [0.2, 0.25) is 5.91 Å². The monoisotopic (exact) mass is 378 g/mol. The maximum atomic E-state index is 12.5. The van der Waals surface area contributed by atoms with E-state index in [9.17, 15) is 14.4 Å². The predicted octanol–water partition coefficient (Wildman–Crippen LogP) is -0.280. The first-order chi connectivity index (χ1) is 12.7. The molecule has 0 spiro atoms. The first-order valence-electron chi connectivity index (χ1n) is 9.10. The van der Waals surface area contributed by atoms with Crippen molar-refractivity contribution in [3.8, 4) is 0 Å². The van der Waals surface area contributed by atoms with Gasteiger partial charge in [-0.2, -0.15) is 5.10 Å². The summed E-state index contributed by atoms with van der Waals surface area (Å²) in [5, 5.41) is 12.9. The molecular formula is C17H26N6O4. The highest BCUT2D eigenvalue weighted by Gasteiger charge is 2.31. The fourth-order valence-corrected chi connectivity index (χ4v) is 3.46. The van der Waals surface area contributed by atoms with Crippen LogP contribution in [0.15, 0.2) is 6.07 Å². The van der Waals surface area contributed by atoms with E-state index in [1.807, 2.05) is 20.8 Å². The second kappa shape index (κ2) is 7.65. The van der Waals surface area contributed by atoms with Crippen molar-refractivity contribution in [1.29, 1.82) is 0 Å². The van der Waals surface area contributed by atoms with E-state index >= 15 is 0 Å². The van der Waals surface area contributed by atoms with Crippen LogP contribution in [0, 0.1) is 6.92 Å². The van der Waals surface area contributed by atoms with Gasteiger partial charge in [0.25, 0.3) is 0 Å². The average Bonchev–Trinajstić information content (AvgIpc) is 2.92. The number of nitrogens with one attached hydrogen (secondary N) is 3. The molecule has 3 N–H and O–H groups in total. The van der Waals surface area contributed by atoms with E-state index in [-0.39, 0.29) is 24.2 Å². The largest absolute Gasteiger partial charge is 0.372 e. The Bertz CT molecular complexity index is 738. The van der Waals surface area contributed by atoms with Gasteiger partial charge in [-0.3, -0.25) is 19.7 Å². The summed E-state index contributed by atoms with van der Waals surface area (Å²) in [6.07, 6.45) is -0.476. The molecule has 2 aliphatic rings. The highest BCUT2D eigenvalue weighted by Crippen LogP contribution is 2.18. The minimum Gasteiger partial charge on any atom is -0.372 e. The van der Waals surface area contributed by atoms with Crippen LogP contribution in [0.5, 0.6) is 0 Å². The Morgan fingerprint density at radius 1 is 1.26 bits per heavy atom. The number of amides is 3. The number of aryl methyl sites for hydroxylation is 1. The maximum Gasteiger partial charge on any atom is 0.315 e. The number of hydrogen-bond acceptors (Lipinski definition) is 6. The van der Waals surface area contributed by atoms with Crippen LogP contribution in [-0.2, 0) is 19.1 Å². The van der Waals surface area contributed by atoms with Gasteiger partial charge in [0.05, 0.1) is 17.9 Å². The van der Waals surface area contributed by atoms with Crippen LogP contribution in [-0.4, -0.2) is 63.7 Å². The zero-order valence-electron chi connectivity index (χ0n) is 16.0. The van der Waals surface area contributed by atoms with E-state index < -0.39 is 18.1 Å². The Morgan fingerprint density at radius 3 is 2.56 bits per heavy atom. The normalized spacial score (nSPS) is 28.6. The third kappa shape index (κ3) is 4.45. The number of hydrogen-bond donors (Lipinski definition) is 3. The van der Waals surface area contributed by atoms with E-state index in [0.29, 0.717) is 31.0 Å². The summed E-state index contributed by atoms with van der Waals surface area (Å²) in [5.74, 6) is -1.12. The fraction of sp³-hybridized carbons (Fsp3) is 0.647. The number of rotatable bonds is 2. The number of carbonyl (C=O) groups is 3. The summed E-state index contributed by atoms with van der Waals surface area (Å²) >= 11 is 0. The van der Waals surface area contributed by atoms with E-state index in [1.165, 1.54) is 9.58 Å². The molecule has 2 aliphatic heterocycles. The molecule has 10 heteroatoms. The van der Waals surface area contributed by atoms with Crippen molar-refractivity contribution in [3.63, 3.8) is 0 Å². The summed E-state index contributed by atoms with van der Waals surface area (Å²) < 4.78 is 7.07. The molecule has 3 rings (SSSR count). The van der Waals surface area contributed by atoms with Gasteiger partial charge in [-0.15, -0.1) is 0 Å². The molecule has 1 aromatic rings. The SMILES string of the molecule is Cc1cc(NC(=O)C(=O)N2CC(C)OC(C)C2)n(C2NC(=O)CC(C)N2)n1. The molecule has 0 aromatic carbocycles. The summed E-state index contributed by atoms with van der Waals surface area (Å²) in [4.78, 5) is 38.4. The fourth-order valence-electron chi connectivity index (χ4n) is 3.46. The molecule has 4 atom stereocenters. The molecule has 27 heavy (non-hydrogen) atoms. The smallest absolute Gasteiger partial charge is 0.315 e. The minimum atomic E-state index is -0.743. The Hall–Kier alpha value is -2.46. The van der Waals surface area contributed by atoms with E-state index in [2.05, 4.69) is 21.0 Å². The van der Waals surface area contributed by atoms with Gasteiger partial charge in [-0.05, 0) is 27.7 Å². The van der Waals surface area contributed by atoms with Crippen molar-refractivity contribution in [2.24, 2.45) is 0 Å². The van der Waals surface area contributed by atoms with E-state index in [0.717, 1.165) is 0 Å². The Balaban J connectivity index is 1.73. The van der Waals surface area contributed by atoms with Gasteiger partial charge in [0.15, 0.2) is 6.29 Å². The maximum absolute atomic E-state index is 12.5. The van der Waals surface area contributed by atoms with Gasteiger partial charge >= 0.3 is 11.8 Å². The quantitative estimate of drug-likeness (QED) is 0.610. The first-order valence-corrected chi connectivity index (χ1v) is 9.10. The summed E-state index contributed by atoms with van der Waals surface area (Å²) in [6, 6.07) is 1.62. The standard InChI is InChI=1S/C17H26N6O4/c1-9-6-14(24)20-17(18-9)23-13(5-10(2)21-23)19-15(25)16(26)22-7-11(3)27-12(4)8-22/h5,9,11-12,17-18H,6-8H2,1-4H3,(H,19,25)(H,20,24). The molecule has 148 valence electrons. The zero-order chi connectivity index (χ0) is 19.7. The molecule has 3 amide bonds. The molecule has 1 aromatic heterocycles. The molecule has 0 bridgehead atoms. The molecule has 0 radical (unpaired) electrons. The van der Waals surface area contributed by atoms with Crippen molar-refractivity contribution in [1.82, 2.24) is 25.3 Å². The topological polar surface area (TPSA) is 118 Å². The van der Waals surface area contributed by atoms with E-state index in [4.69, 9.17) is 4.74 Å². The van der Waals surface area contributed by atoms with Crippen molar-refractivity contribution < 1.29 is 19.1 Å². The summed E-state index contributed by atoms with van der Waals surface area (Å²) in [5.41, 5.74) is 0.653.